The van der Waals surface area contributed by atoms with E-state index in [4.69, 9.17) is 5.11 Å². The Hall–Kier alpha value is -0.300. The molecule has 0 aromatic rings. The first-order chi connectivity index (χ1) is 5.64. The summed E-state index contributed by atoms with van der Waals surface area (Å²) in [7, 11) is 0. The Bertz CT molecular complexity index is 56.0. The Morgan fingerprint density at radius 3 is 1.33 bits per heavy atom. The minimum absolute atomic E-state index is 0.0648. The van der Waals surface area contributed by atoms with Gasteiger partial charge in [-0.05, 0) is 19.8 Å². The molecule has 0 saturated heterocycles. The van der Waals surface area contributed by atoms with E-state index in [9.17, 15) is 0 Å². The minimum Gasteiger partial charge on any atom is -0.393 e. The SMILES string of the molecule is C=CC.CCC.CCC(O)CC. The summed E-state index contributed by atoms with van der Waals surface area (Å²) in [6.07, 6.45) is 4.71. The van der Waals surface area contributed by atoms with Gasteiger partial charge in [-0.1, -0.05) is 40.2 Å². The number of rotatable bonds is 2. The largest absolute Gasteiger partial charge is 0.393 e. The van der Waals surface area contributed by atoms with Gasteiger partial charge in [0.15, 0.2) is 0 Å². The lowest BCUT2D eigenvalue weighted by atomic mass is 10.2. The van der Waals surface area contributed by atoms with Gasteiger partial charge >= 0.3 is 0 Å². The average Bonchev–Trinajstić information content (AvgIpc) is 2.06. The third kappa shape index (κ3) is 53.6. The van der Waals surface area contributed by atoms with E-state index >= 15 is 0 Å². The number of aliphatic hydroxyl groups excluding tert-OH is 1. The third-order valence-corrected chi connectivity index (χ3v) is 0.942. The summed E-state index contributed by atoms with van der Waals surface area (Å²) in [6.45, 7) is 13.5. The molecule has 1 N–H and O–H groups in total. The van der Waals surface area contributed by atoms with Gasteiger partial charge in [-0.25, -0.2) is 0 Å². The summed E-state index contributed by atoms with van der Waals surface area (Å²) in [4.78, 5) is 0. The van der Waals surface area contributed by atoms with Crippen LogP contribution in [0.1, 0.15) is 53.9 Å². The second kappa shape index (κ2) is 22.4. The fourth-order valence-corrected chi connectivity index (χ4v) is 0.289. The molecule has 0 aliphatic carbocycles. The summed E-state index contributed by atoms with van der Waals surface area (Å²) in [5.41, 5.74) is 0. The zero-order valence-corrected chi connectivity index (χ0v) is 9.43. The Balaban J connectivity index is -0.000000115. The van der Waals surface area contributed by atoms with Crippen LogP contribution in [0.25, 0.3) is 0 Å². The van der Waals surface area contributed by atoms with E-state index in [1.807, 2.05) is 20.8 Å². The molecule has 0 radical (unpaired) electrons. The van der Waals surface area contributed by atoms with Crippen molar-refractivity contribution >= 4 is 0 Å². The van der Waals surface area contributed by atoms with Crippen molar-refractivity contribution in [1.82, 2.24) is 0 Å². The van der Waals surface area contributed by atoms with Crippen LogP contribution < -0.4 is 0 Å². The Kier molecular flexibility index (Phi) is 33.1. The predicted molar refractivity (Wildman–Crippen MR) is 58.4 cm³/mol. The van der Waals surface area contributed by atoms with E-state index in [1.54, 1.807) is 6.08 Å². The molecule has 0 aliphatic heterocycles. The summed E-state index contributed by atoms with van der Waals surface area (Å²) < 4.78 is 0. The molecule has 0 saturated carbocycles. The van der Waals surface area contributed by atoms with Gasteiger partial charge in [0.25, 0.3) is 0 Å². The van der Waals surface area contributed by atoms with Gasteiger partial charge in [0, 0.05) is 0 Å². The monoisotopic (exact) mass is 174 g/mol. The first-order valence-electron chi connectivity index (χ1n) is 4.89. The highest BCUT2D eigenvalue weighted by Gasteiger charge is 1.90. The van der Waals surface area contributed by atoms with Crippen LogP contribution >= 0.6 is 0 Å². The second-order valence-electron chi connectivity index (χ2n) is 2.59. The van der Waals surface area contributed by atoms with Gasteiger partial charge in [0.2, 0.25) is 0 Å². The Morgan fingerprint density at radius 2 is 1.33 bits per heavy atom. The Morgan fingerprint density at radius 1 is 1.17 bits per heavy atom. The highest BCUT2D eigenvalue weighted by molar-refractivity contribution is 4.51. The van der Waals surface area contributed by atoms with Crippen molar-refractivity contribution in [2.75, 3.05) is 0 Å². The van der Waals surface area contributed by atoms with Gasteiger partial charge < -0.3 is 5.11 Å². The van der Waals surface area contributed by atoms with E-state index in [2.05, 4.69) is 20.4 Å². The van der Waals surface area contributed by atoms with Crippen molar-refractivity contribution in [3.05, 3.63) is 12.7 Å². The highest BCUT2D eigenvalue weighted by Crippen LogP contribution is 1.91. The van der Waals surface area contributed by atoms with Gasteiger partial charge in [-0.3, -0.25) is 0 Å². The molecule has 0 rings (SSSR count). The maximum Gasteiger partial charge on any atom is 0.0535 e. The maximum atomic E-state index is 8.67. The van der Waals surface area contributed by atoms with E-state index < -0.39 is 0 Å². The average molecular weight is 174 g/mol. The predicted octanol–water partition coefficient (Wildman–Crippen LogP) is 3.78. The lowest BCUT2D eigenvalue weighted by molar-refractivity contribution is 0.166. The molecule has 0 heterocycles. The normalized spacial score (nSPS) is 7.58. The molecule has 0 aromatic carbocycles. The topological polar surface area (TPSA) is 20.2 Å². The van der Waals surface area contributed by atoms with Crippen LogP contribution in [0, 0.1) is 0 Å². The smallest absolute Gasteiger partial charge is 0.0535 e. The molecule has 0 amide bonds. The molecule has 0 fully saturated rings. The molecule has 1 heteroatoms. The first kappa shape index (κ1) is 17.7. The lowest BCUT2D eigenvalue weighted by Gasteiger charge is -1.98. The molecular weight excluding hydrogens is 148 g/mol. The van der Waals surface area contributed by atoms with Crippen LogP contribution in [0.2, 0.25) is 0 Å². The van der Waals surface area contributed by atoms with E-state index in [0.29, 0.717) is 0 Å². The highest BCUT2D eigenvalue weighted by atomic mass is 16.3. The van der Waals surface area contributed by atoms with Crippen LogP contribution in [-0.4, -0.2) is 11.2 Å². The number of hydrogen-bond donors (Lipinski definition) is 1. The minimum atomic E-state index is -0.0648. The molecule has 0 aromatic heterocycles. The molecule has 0 aliphatic rings. The second-order valence-corrected chi connectivity index (χ2v) is 2.59. The van der Waals surface area contributed by atoms with Crippen LogP contribution in [0.5, 0.6) is 0 Å². The van der Waals surface area contributed by atoms with E-state index in [0.717, 1.165) is 12.8 Å². The summed E-state index contributed by atoms with van der Waals surface area (Å²) >= 11 is 0. The molecule has 0 spiro atoms. The fourth-order valence-electron chi connectivity index (χ4n) is 0.289. The van der Waals surface area contributed by atoms with Crippen molar-refractivity contribution in [3.63, 3.8) is 0 Å². The van der Waals surface area contributed by atoms with E-state index in [1.165, 1.54) is 6.42 Å². The van der Waals surface area contributed by atoms with E-state index in [-0.39, 0.29) is 6.10 Å². The van der Waals surface area contributed by atoms with Gasteiger partial charge in [0.1, 0.15) is 0 Å². The molecular formula is C11H26O. The molecule has 0 bridgehead atoms. The maximum absolute atomic E-state index is 8.67. The number of allylic oxidation sites excluding steroid dienone is 1. The van der Waals surface area contributed by atoms with Crippen LogP contribution in [0.4, 0.5) is 0 Å². The quantitative estimate of drug-likeness (QED) is 0.632. The van der Waals surface area contributed by atoms with Gasteiger partial charge in [-0.15, -0.1) is 6.58 Å². The van der Waals surface area contributed by atoms with Crippen LogP contribution in [0.3, 0.4) is 0 Å². The fraction of sp³-hybridized carbons (Fsp3) is 0.818. The van der Waals surface area contributed by atoms with Gasteiger partial charge in [-0.2, -0.15) is 0 Å². The third-order valence-electron chi connectivity index (χ3n) is 0.942. The van der Waals surface area contributed by atoms with Crippen molar-refractivity contribution in [2.24, 2.45) is 0 Å². The van der Waals surface area contributed by atoms with Crippen LogP contribution in [0.15, 0.2) is 12.7 Å². The molecule has 12 heavy (non-hydrogen) atoms. The number of hydrogen-bond acceptors (Lipinski definition) is 1. The molecule has 0 atom stereocenters. The number of aliphatic hydroxyl groups is 1. The van der Waals surface area contributed by atoms with Gasteiger partial charge in [0.05, 0.1) is 6.10 Å². The molecule has 0 unspecified atom stereocenters. The molecule has 1 nitrogen and oxygen atoms in total. The zero-order chi connectivity index (χ0) is 10.4. The lowest BCUT2D eigenvalue weighted by Crippen LogP contribution is -1.99. The zero-order valence-electron chi connectivity index (χ0n) is 9.43. The van der Waals surface area contributed by atoms with Crippen LogP contribution in [-0.2, 0) is 0 Å². The van der Waals surface area contributed by atoms with Crippen molar-refractivity contribution in [1.29, 1.82) is 0 Å². The summed E-state index contributed by atoms with van der Waals surface area (Å²) in [5.74, 6) is 0. The van der Waals surface area contributed by atoms with Crippen molar-refractivity contribution in [2.45, 2.75) is 60.0 Å². The van der Waals surface area contributed by atoms with Crippen molar-refractivity contribution < 1.29 is 5.11 Å². The Labute approximate surface area is 78.5 Å². The summed E-state index contributed by atoms with van der Waals surface area (Å²) in [5, 5.41) is 8.67. The standard InChI is InChI=1S/C5H12O.C3H8.C3H6/c1-3-5(6)4-2;2*1-3-2/h5-6H,3-4H2,1-2H3;3H2,1-2H3;3H,1H2,2H3. The first-order valence-corrected chi connectivity index (χ1v) is 4.89. The summed E-state index contributed by atoms with van der Waals surface area (Å²) in [6, 6.07) is 0. The molecule has 76 valence electrons. The van der Waals surface area contributed by atoms with Crippen molar-refractivity contribution in [3.8, 4) is 0 Å².